The number of benzene rings is 1. The second-order valence-corrected chi connectivity index (χ2v) is 5.58. The molecule has 23 heavy (non-hydrogen) atoms. The molecule has 0 saturated carbocycles. The molecular formula is C13H10Cl2N6O2. The van der Waals surface area contributed by atoms with Crippen LogP contribution in [0.4, 0.5) is 11.4 Å². The van der Waals surface area contributed by atoms with Crippen molar-refractivity contribution in [3.05, 3.63) is 50.1 Å². The van der Waals surface area contributed by atoms with Crippen LogP contribution in [0.15, 0.2) is 23.0 Å². The molecule has 10 heteroatoms. The summed E-state index contributed by atoms with van der Waals surface area (Å²) in [5, 5.41) is 6.86. The number of aryl methyl sites for hydroxylation is 1. The van der Waals surface area contributed by atoms with Gasteiger partial charge < -0.3 is 16.0 Å². The Balaban J connectivity index is 1.97. The Morgan fingerprint density at radius 1 is 1.30 bits per heavy atom. The van der Waals surface area contributed by atoms with Crippen molar-refractivity contribution in [2.24, 2.45) is 0 Å². The van der Waals surface area contributed by atoms with Crippen molar-refractivity contribution in [1.82, 2.24) is 19.6 Å². The number of H-pyrrole nitrogens is 1. The molecule has 118 valence electrons. The second kappa shape index (κ2) is 5.56. The molecule has 2 aromatic heterocycles. The fraction of sp³-hybridized carbons (Fsp3) is 0.0769. The highest BCUT2D eigenvalue weighted by Gasteiger charge is 2.17. The maximum Gasteiger partial charge on any atom is 0.295 e. The van der Waals surface area contributed by atoms with E-state index >= 15 is 0 Å². The van der Waals surface area contributed by atoms with E-state index in [1.54, 1.807) is 6.92 Å². The van der Waals surface area contributed by atoms with Gasteiger partial charge in [0.1, 0.15) is 0 Å². The number of nitrogens with zero attached hydrogens (tertiary/aromatic N) is 3. The quantitative estimate of drug-likeness (QED) is 0.608. The van der Waals surface area contributed by atoms with Gasteiger partial charge in [0.2, 0.25) is 11.6 Å². The van der Waals surface area contributed by atoms with Crippen LogP contribution in [-0.2, 0) is 0 Å². The van der Waals surface area contributed by atoms with Gasteiger partial charge in [0.15, 0.2) is 0 Å². The number of carbonyl (C=O) groups excluding carboxylic acids is 1. The maximum atomic E-state index is 12.2. The van der Waals surface area contributed by atoms with Crippen LogP contribution >= 0.6 is 23.2 Å². The fourth-order valence-electron chi connectivity index (χ4n) is 1.94. The van der Waals surface area contributed by atoms with Crippen molar-refractivity contribution in [3.63, 3.8) is 0 Å². The minimum absolute atomic E-state index is 0.168. The largest absolute Gasteiger partial charge is 0.397 e. The number of carbonyl (C=O) groups is 1. The number of fused-ring (bicyclic) bond motifs is 1. The van der Waals surface area contributed by atoms with E-state index in [2.05, 4.69) is 20.4 Å². The number of nitrogen functional groups attached to an aromatic ring is 1. The molecule has 2 heterocycles. The lowest BCUT2D eigenvalue weighted by Crippen LogP contribution is -2.17. The molecule has 1 aromatic carbocycles. The molecule has 8 nitrogen and oxygen atoms in total. The molecule has 0 unspecified atom stereocenters. The summed E-state index contributed by atoms with van der Waals surface area (Å²) in [5.74, 6) is -0.656. The van der Waals surface area contributed by atoms with Crippen LogP contribution in [0.1, 0.15) is 16.3 Å². The first-order valence-electron chi connectivity index (χ1n) is 6.37. The Morgan fingerprint density at radius 2 is 2.04 bits per heavy atom. The molecule has 3 aromatic rings. The Labute approximate surface area is 139 Å². The number of nitrogens with two attached hydrogens (primary N) is 1. The topological polar surface area (TPSA) is 118 Å². The smallest absolute Gasteiger partial charge is 0.295 e. The number of anilines is 2. The second-order valence-electron chi connectivity index (χ2n) is 4.77. The van der Waals surface area contributed by atoms with Crippen LogP contribution in [0.3, 0.4) is 0 Å². The molecule has 0 aliphatic heterocycles. The number of rotatable bonds is 2. The van der Waals surface area contributed by atoms with Crippen molar-refractivity contribution >= 4 is 46.3 Å². The Kier molecular flexibility index (Phi) is 3.70. The van der Waals surface area contributed by atoms with Crippen molar-refractivity contribution < 1.29 is 4.79 Å². The van der Waals surface area contributed by atoms with Crippen LogP contribution in [-0.4, -0.2) is 25.5 Å². The van der Waals surface area contributed by atoms with Crippen molar-refractivity contribution in [1.29, 1.82) is 0 Å². The summed E-state index contributed by atoms with van der Waals surface area (Å²) in [4.78, 5) is 30.8. The van der Waals surface area contributed by atoms with Gasteiger partial charge in [0.25, 0.3) is 11.5 Å². The van der Waals surface area contributed by atoms with Gasteiger partial charge in [-0.15, -0.1) is 5.10 Å². The zero-order valence-corrected chi connectivity index (χ0v) is 13.2. The highest BCUT2D eigenvalue weighted by atomic mass is 35.5. The first kappa shape index (κ1) is 15.3. The van der Waals surface area contributed by atoms with Crippen LogP contribution in [0.5, 0.6) is 0 Å². The normalized spacial score (nSPS) is 10.9. The van der Waals surface area contributed by atoms with Crippen molar-refractivity contribution in [2.75, 3.05) is 11.1 Å². The summed E-state index contributed by atoms with van der Waals surface area (Å²) < 4.78 is 0.999. The first-order chi connectivity index (χ1) is 10.8. The molecule has 4 N–H and O–H groups in total. The Bertz CT molecular complexity index is 994. The van der Waals surface area contributed by atoms with Gasteiger partial charge in [-0.3, -0.25) is 9.59 Å². The number of nitrogens with one attached hydrogen (secondary N) is 2. The van der Waals surface area contributed by atoms with Gasteiger partial charge >= 0.3 is 0 Å². The summed E-state index contributed by atoms with van der Waals surface area (Å²) in [7, 11) is 0. The average molecular weight is 353 g/mol. The average Bonchev–Trinajstić information content (AvgIpc) is 2.89. The lowest BCUT2D eigenvalue weighted by atomic mass is 10.3. The van der Waals surface area contributed by atoms with Crippen LogP contribution in [0, 0.1) is 6.92 Å². The number of aromatic nitrogens is 4. The summed E-state index contributed by atoms with van der Waals surface area (Å²) in [6.45, 7) is 1.70. The minimum Gasteiger partial charge on any atom is -0.397 e. The SMILES string of the molecule is Cc1cc(=O)n2nc(C(=O)Nc3cc(Cl)c(N)cc3Cl)nc2[nH]1. The summed E-state index contributed by atoms with van der Waals surface area (Å²) in [6, 6.07) is 4.19. The highest BCUT2D eigenvalue weighted by Crippen LogP contribution is 2.30. The number of hydrogen-bond acceptors (Lipinski definition) is 5. The Morgan fingerprint density at radius 3 is 2.78 bits per heavy atom. The van der Waals surface area contributed by atoms with Gasteiger partial charge in [-0.05, 0) is 19.1 Å². The van der Waals surface area contributed by atoms with Crippen LogP contribution < -0.4 is 16.6 Å². The molecule has 0 fully saturated rings. The standard InChI is InChI=1S/C13H10Cl2N6O2/c1-5-2-10(22)21-13(17-5)19-11(20-21)12(23)18-9-4-6(14)8(16)3-7(9)15/h2-4H,16H2,1H3,(H,18,23)(H,17,19,20). The molecular weight excluding hydrogens is 343 g/mol. The molecule has 1 amide bonds. The maximum absolute atomic E-state index is 12.2. The van der Waals surface area contributed by atoms with Gasteiger partial charge in [-0.1, -0.05) is 23.2 Å². The fourth-order valence-corrected chi connectivity index (χ4v) is 2.32. The molecule has 0 saturated heterocycles. The number of aromatic amines is 1. The summed E-state index contributed by atoms with van der Waals surface area (Å²) >= 11 is 11.9. The first-order valence-corrected chi connectivity index (χ1v) is 7.13. The van der Waals surface area contributed by atoms with Crippen molar-refractivity contribution in [2.45, 2.75) is 6.92 Å². The lowest BCUT2D eigenvalue weighted by Gasteiger charge is -2.07. The van der Waals surface area contributed by atoms with E-state index in [0.717, 1.165) is 4.52 Å². The molecule has 0 radical (unpaired) electrons. The predicted octanol–water partition coefficient (Wildman–Crippen LogP) is 1.87. The molecule has 0 bridgehead atoms. The monoisotopic (exact) mass is 352 g/mol. The van der Waals surface area contributed by atoms with Crippen molar-refractivity contribution in [3.8, 4) is 0 Å². The summed E-state index contributed by atoms with van der Waals surface area (Å²) in [5.41, 5.74) is 6.39. The Hall–Kier alpha value is -2.58. The highest BCUT2D eigenvalue weighted by molar-refractivity contribution is 6.37. The van der Waals surface area contributed by atoms with Gasteiger partial charge in [-0.25, -0.2) is 0 Å². The molecule has 0 aliphatic rings. The summed E-state index contributed by atoms with van der Waals surface area (Å²) in [6.07, 6.45) is 0. The van der Waals surface area contributed by atoms with E-state index in [1.165, 1.54) is 18.2 Å². The minimum atomic E-state index is -0.637. The van der Waals surface area contributed by atoms with E-state index in [4.69, 9.17) is 28.9 Å². The van der Waals surface area contributed by atoms with Gasteiger partial charge in [0, 0.05) is 11.8 Å². The van der Waals surface area contributed by atoms with Gasteiger partial charge in [0.05, 0.1) is 21.4 Å². The molecule has 0 aliphatic carbocycles. The lowest BCUT2D eigenvalue weighted by molar-refractivity contribution is 0.101. The van der Waals surface area contributed by atoms with Crippen LogP contribution in [0.25, 0.3) is 5.78 Å². The predicted molar refractivity (Wildman–Crippen MR) is 87.2 cm³/mol. The number of hydrogen-bond donors (Lipinski definition) is 3. The number of halogens is 2. The van der Waals surface area contributed by atoms with E-state index in [-0.39, 0.29) is 27.3 Å². The molecule has 0 spiro atoms. The van der Waals surface area contributed by atoms with E-state index in [1.807, 2.05) is 0 Å². The third kappa shape index (κ3) is 2.86. The zero-order valence-electron chi connectivity index (χ0n) is 11.7. The molecule has 3 rings (SSSR count). The van der Waals surface area contributed by atoms with Crippen LogP contribution in [0.2, 0.25) is 10.0 Å². The third-order valence-corrected chi connectivity index (χ3v) is 3.64. The third-order valence-electron chi connectivity index (χ3n) is 3.00. The van der Waals surface area contributed by atoms with E-state index < -0.39 is 11.5 Å². The zero-order chi connectivity index (χ0) is 16.7. The van der Waals surface area contributed by atoms with Gasteiger partial charge in [-0.2, -0.15) is 9.50 Å². The van der Waals surface area contributed by atoms with E-state index in [9.17, 15) is 9.59 Å². The molecule has 0 atom stereocenters. The number of amides is 1. The van der Waals surface area contributed by atoms with E-state index in [0.29, 0.717) is 11.4 Å².